The SMILES string of the molecule is CCOCCCNC(=NC)NCCc1ccc(Cl)nc1.I. The zero-order valence-corrected chi connectivity index (χ0v) is 15.6. The number of ether oxygens (including phenoxy) is 1. The van der Waals surface area contributed by atoms with Crippen molar-refractivity contribution >= 4 is 41.5 Å². The van der Waals surface area contributed by atoms with Crippen LogP contribution in [0.5, 0.6) is 0 Å². The zero-order valence-electron chi connectivity index (χ0n) is 12.6. The van der Waals surface area contributed by atoms with Crippen LogP contribution in [0.4, 0.5) is 0 Å². The minimum Gasteiger partial charge on any atom is -0.382 e. The van der Waals surface area contributed by atoms with Gasteiger partial charge in [0.1, 0.15) is 5.15 Å². The van der Waals surface area contributed by atoms with Gasteiger partial charge in [-0.2, -0.15) is 0 Å². The Kier molecular flexibility index (Phi) is 12.7. The molecule has 0 aliphatic rings. The lowest BCUT2D eigenvalue weighted by Crippen LogP contribution is -2.39. The first-order valence-electron chi connectivity index (χ1n) is 6.89. The summed E-state index contributed by atoms with van der Waals surface area (Å²) in [6.45, 7) is 5.19. The quantitative estimate of drug-likeness (QED) is 0.220. The summed E-state index contributed by atoms with van der Waals surface area (Å²) in [6.07, 6.45) is 3.64. The molecule has 120 valence electrons. The molecule has 0 amide bonds. The van der Waals surface area contributed by atoms with Crippen molar-refractivity contribution in [3.05, 3.63) is 29.0 Å². The molecule has 1 rings (SSSR count). The van der Waals surface area contributed by atoms with Crippen LogP contribution in [0.2, 0.25) is 5.15 Å². The summed E-state index contributed by atoms with van der Waals surface area (Å²) in [7, 11) is 1.77. The Morgan fingerprint density at radius 3 is 2.71 bits per heavy atom. The highest BCUT2D eigenvalue weighted by Crippen LogP contribution is 2.05. The Morgan fingerprint density at radius 2 is 2.10 bits per heavy atom. The Labute approximate surface area is 148 Å². The van der Waals surface area contributed by atoms with Crippen molar-refractivity contribution in [2.24, 2.45) is 4.99 Å². The highest BCUT2D eigenvalue weighted by molar-refractivity contribution is 14.0. The highest BCUT2D eigenvalue weighted by atomic mass is 127. The van der Waals surface area contributed by atoms with E-state index in [2.05, 4.69) is 20.6 Å². The molecule has 1 heterocycles. The summed E-state index contributed by atoms with van der Waals surface area (Å²) in [5.41, 5.74) is 1.15. The lowest BCUT2D eigenvalue weighted by atomic mass is 10.2. The van der Waals surface area contributed by atoms with Crippen LogP contribution < -0.4 is 10.6 Å². The van der Waals surface area contributed by atoms with Crippen molar-refractivity contribution in [3.63, 3.8) is 0 Å². The molecule has 0 bridgehead atoms. The van der Waals surface area contributed by atoms with Crippen LogP contribution in [0, 0.1) is 0 Å². The fraction of sp³-hybridized carbons (Fsp3) is 0.571. The van der Waals surface area contributed by atoms with Gasteiger partial charge in [-0.3, -0.25) is 4.99 Å². The van der Waals surface area contributed by atoms with Crippen LogP contribution >= 0.6 is 35.6 Å². The molecule has 2 N–H and O–H groups in total. The van der Waals surface area contributed by atoms with Gasteiger partial charge >= 0.3 is 0 Å². The van der Waals surface area contributed by atoms with Crippen molar-refractivity contribution in [2.75, 3.05) is 33.4 Å². The number of rotatable bonds is 8. The van der Waals surface area contributed by atoms with E-state index < -0.39 is 0 Å². The summed E-state index contributed by atoms with van der Waals surface area (Å²) in [5, 5.41) is 7.03. The molecule has 0 atom stereocenters. The number of hydrogen-bond donors (Lipinski definition) is 2. The molecular formula is C14H24ClIN4O. The second kappa shape index (κ2) is 13.1. The van der Waals surface area contributed by atoms with Crippen molar-refractivity contribution in [2.45, 2.75) is 19.8 Å². The number of halogens is 2. The second-order valence-electron chi connectivity index (χ2n) is 4.22. The van der Waals surface area contributed by atoms with Gasteiger partial charge in [-0.1, -0.05) is 17.7 Å². The number of nitrogens with one attached hydrogen (secondary N) is 2. The number of hydrogen-bond acceptors (Lipinski definition) is 3. The van der Waals surface area contributed by atoms with E-state index in [4.69, 9.17) is 16.3 Å². The topological polar surface area (TPSA) is 58.5 Å². The molecule has 0 saturated carbocycles. The summed E-state index contributed by atoms with van der Waals surface area (Å²) in [4.78, 5) is 8.22. The molecule has 1 aromatic heterocycles. The van der Waals surface area contributed by atoms with Crippen LogP contribution in [0.15, 0.2) is 23.3 Å². The molecule has 1 aromatic rings. The van der Waals surface area contributed by atoms with E-state index >= 15 is 0 Å². The molecule has 21 heavy (non-hydrogen) atoms. The van der Waals surface area contributed by atoms with Crippen molar-refractivity contribution in [1.29, 1.82) is 0 Å². The van der Waals surface area contributed by atoms with Gasteiger partial charge in [0.05, 0.1) is 0 Å². The van der Waals surface area contributed by atoms with E-state index in [0.717, 1.165) is 50.7 Å². The summed E-state index contributed by atoms with van der Waals surface area (Å²) in [5.74, 6) is 0.809. The van der Waals surface area contributed by atoms with E-state index in [0.29, 0.717) is 5.15 Å². The Morgan fingerprint density at radius 1 is 1.33 bits per heavy atom. The predicted molar refractivity (Wildman–Crippen MR) is 98.8 cm³/mol. The average molecular weight is 427 g/mol. The van der Waals surface area contributed by atoms with Gasteiger partial charge in [-0.25, -0.2) is 4.98 Å². The third-order valence-electron chi connectivity index (χ3n) is 2.68. The van der Waals surface area contributed by atoms with Gasteiger partial charge in [0, 0.05) is 39.5 Å². The number of guanidine groups is 1. The fourth-order valence-corrected chi connectivity index (χ4v) is 1.74. The molecule has 0 aromatic carbocycles. The number of aliphatic imine (C=N–C) groups is 1. The highest BCUT2D eigenvalue weighted by Gasteiger charge is 1.98. The lowest BCUT2D eigenvalue weighted by molar-refractivity contribution is 0.145. The molecule has 0 aliphatic carbocycles. The summed E-state index contributed by atoms with van der Waals surface area (Å²) in [6, 6.07) is 3.78. The third kappa shape index (κ3) is 9.87. The molecule has 0 aliphatic heterocycles. The second-order valence-corrected chi connectivity index (χ2v) is 4.60. The van der Waals surface area contributed by atoms with Crippen molar-refractivity contribution in [3.8, 4) is 0 Å². The normalized spacial score (nSPS) is 10.9. The predicted octanol–water partition coefficient (Wildman–Crippen LogP) is 2.49. The monoisotopic (exact) mass is 426 g/mol. The van der Waals surface area contributed by atoms with Crippen LogP contribution in [0.25, 0.3) is 0 Å². The third-order valence-corrected chi connectivity index (χ3v) is 2.90. The minimum atomic E-state index is 0. The van der Waals surface area contributed by atoms with Crippen LogP contribution in [-0.4, -0.2) is 44.3 Å². The maximum absolute atomic E-state index is 5.75. The molecule has 0 fully saturated rings. The summed E-state index contributed by atoms with van der Waals surface area (Å²) >= 11 is 5.75. The van der Waals surface area contributed by atoms with Gasteiger partial charge in [-0.05, 0) is 31.4 Å². The van der Waals surface area contributed by atoms with E-state index in [-0.39, 0.29) is 24.0 Å². The largest absolute Gasteiger partial charge is 0.382 e. The smallest absolute Gasteiger partial charge is 0.190 e. The first kappa shape index (κ1) is 20.4. The Hall–Kier alpha value is -0.600. The Balaban J connectivity index is 0.00000400. The van der Waals surface area contributed by atoms with E-state index in [1.54, 1.807) is 19.3 Å². The first-order valence-corrected chi connectivity index (χ1v) is 7.26. The zero-order chi connectivity index (χ0) is 14.6. The van der Waals surface area contributed by atoms with Gasteiger partial charge in [-0.15, -0.1) is 24.0 Å². The standard InChI is InChI=1S/C14H23ClN4O.HI/c1-3-20-10-4-8-17-14(16-2)18-9-7-12-5-6-13(15)19-11-12;/h5-6,11H,3-4,7-10H2,1-2H3,(H2,16,17,18);1H. The van der Waals surface area contributed by atoms with Crippen molar-refractivity contribution in [1.82, 2.24) is 15.6 Å². The number of pyridine rings is 1. The summed E-state index contributed by atoms with van der Waals surface area (Å²) < 4.78 is 5.28. The van der Waals surface area contributed by atoms with Gasteiger partial charge in [0.15, 0.2) is 5.96 Å². The van der Waals surface area contributed by atoms with E-state index in [1.165, 1.54) is 0 Å². The average Bonchev–Trinajstić information content (AvgIpc) is 2.47. The Bertz CT molecular complexity index is 400. The number of nitrogens with zero attached hydrogens (tertiary/aromatic N) is 2. The molecule has 0 spiro atoms. The molecular weight excluding hydrogens is 403 g/mol. The van der Waals surface area contributed by atoms with Gasteiger partial charge < -0.3 is 15.4 Å². The van der Waals surface area contributed by atoms with E-state index in [9.17, 15) is 0 Å². The van der Waals surface area contributed by atoms with Crippen LogP contribution in [0.1, 0.15) is 18.9 Å². The molecule has 0 unspecified atom stereocenters. The molecule has 0 radical (unpaired) electrons. The molecule has 0 saturated heterocycles. The fourth-order valence-electron chi connectivity index (χ4n) is 1.63. The number of aromatic nitrogens is 1. The van der Waals surface area contributed by atoms with Gasteiger partial charge in [0.25, 0.3) is 0 Å². The van der Waals surface area contributed by atoms with Crippen molar-refractivity contribution < 1.29 is 4.74 Å². The van der Waals surface area contributed by atoms with Gasteiger partial charge in [0.2, 0.25) is 0 Å². The first-order chi connectivity index (χ1) is 9.76. The minimum absolute atomic E-state index is 0. The maximum Gasteiger partial charge on any atom is 0.190 e. The molecule has 5 nitrogen and oxygen atoms in total. The van der Waals surface area contributed by atoms with E-state index in [1.807, 2.05) is 13.0 Å². The van der Waals surface area contributed by atoms with Crippen LogP contribution in [0.3, 0.4) is 0 Å². The maximum atomic E-state index is 5.75. The lowest BCUT2D eigenvalue weighted by Gasteiger charge is -2.11. The molecule has 7 heteroatoms. The van der Waals surface area contributed by atoms with Crippen LogP contribution in [-0.2, 0) is 11.2 Å².